The van der Waals surface area contributed by atoms with Crippen LogP contribution in [-0.2, 0) is 13.8 Å². The van der Waals surface area contributed by atoms with Gasteiger partial charge in [-0.05, 0) is 12.8 Å². The Labute approximate surface area is 64.7 Å². The highest BCUT2D eigenvalue weighted by Crippen LogP contribution is 2.17. The van der Waals surface area contributed by atoms with Crippen molar-refractivity contribution in [3.63, 3.8) is 0 Å². The van der Waals surface area contributed by atoms with Crippen LogP contribution in [0.2, 0.25) is 0 Å². The topological polar surface area (TPSA) is 43.4 Å². The first kappa shape index (κ1) is 8.30. The Balaban J connectivity index is 2.56. The molecular weight excluding hydrogens is 176 g/mol. The average Bonchev–Trinajstić information content (AvgIpc) is 1.88. The van der Waals surface area contributed by atoms with Crippen LogP contribution in [-0.4, -0.2) is 26.9 Å². The van der Waals surface area contributed by atoms with Crippen LogP contribution in [0.15, 0.2) is 0 Å². The van der Waals surface area contributed by atoms with E-state index in [4.69, 9.17) is 15.4 Å². The first-order chi connectivity index (χ1) is 4.61. The number of rotatable bonds is 1. The molecule has 1 saturated heterocycles. The van der Waals surface area contributed by atoms with Crippen LogP contribution in [0.25, 0.3) is 0 Å². The van der Waals surface area contributed by atoms with E-state index in [9.17, 15) is 8.42 Å². The van der Waals surface area contributed by atoms with Gasteiger partial charge in [0.15, 0.2) is 0 Å². The van der Waals surface area contributed by atoms with Gasteiger partial charge in [-0.2, -0.15) is 0 Å². The van der Waals surface area contributed by atoms with Gasteiger partial charge in [0.05, 0.1) is 11.9 Å². The summed E-state index contributed by atoms with van der Waals surface area (Å²) in [5.74, 6) is 0. The van der Waals surface area contributed by atoms with Gasteiger partial charge >= 0.3 is 0 Å². The molecule has 1 heterocycles. The number of ether oxygens (including phenoxy) is 1. The Kier molecular flexibility index (Phi) is 2.55. The summed E-state index contributed by atoms with van der Waals surface area (Å²) in [6.07, 6.45) is 1.42. The van der Waals surface area contributed by atoms with E-state index in [0.717, 1.165) is 6.42 Å². The van der Waals surface area contributed by atoms with Crippen LogP contribution in [0.1, 0.15) is 12.8 Å². The molecular formula is C5H9ClO3S. The van der Waals surface area contributed by atoms with Crippen molar-refractivity contribution < 1.29 is 13.2 Å². The molecule has 0 aromatic heterocycles. The molecule has 0 aromatic carbocycles. The predicted octanol–water partition coefficient (Wildman–Crippen LogP) is 0.734. The molecule has 10 heavy (non-hydrogen) atoms. The zero-order valence-electron chi connectivity index (χ0n) is 5.42. The summed E-state index contributed by atoms with van der Waals surface area (Å²) >= 11 is 0. The lowest BCUT2D eigenvalue weighted by atomic mass is 10.2. The van der Waals surface area contributed by atoms with Crippen molar-refractivity contribution in [1.82, 2.24) is 0 Å². The lowest BCUT2D eigenvalue weighted by Crippen LogP contribution is -2.27. The Morgan fingerprint density at radius 1 is 1.50 bits per heavy atom. The van der Waals surface area contributed by atoms with Crippen LogP contribution in [0.3, 0.4) is 0 Å². The van der Waals surface area contributed by atoms with E-state index in [1.807, 2.05) is 0 Å². The standard InChI is InChI=1S/C5H9ClO3S/c6-10(7,8)5-2-1-3-9-4-5/h5H,1-4H2/t5-/m1/s1. The van der Waals surface area contributed by atoms with E-state index in [0.29, 0.717) is 13.0 Å². The second kappa shape index (κ2) is 3.07. The van der Waals surface area contributed by atoms with Gasteiger partial charge in [0.1, 0.15) is 0 Å². The molecule has 0 N–H and O–H groups in total. The maximum atomic E-state index is 10.7. The molecule has 0 unspecified atom stereocenters. The average molecular weight is 185 g/mol. The van der Waals surface area contributed by atoms with Crippen LogP contribution in [0, 0.1) is 0 Å². The van der Waals surface area contributed by atoms with E-state index in [1.165, 1.54) is 0 Å². The summed E-state index contributed by atoms with van der Waals surface area (Å²) in [7, 11) is 1.73. The first-order valence-corrected chi connectivity index (χ1v) is 5.49. The Hall–Kier alpha value is 0.200. The van der Waals surface area contributed by atoms with Gasteiger partial charge < -0.3 is 4.74 Å². The fraction of sp³-hybridized carbons (Fsp3) is 1.00. The third kappa shape index (κ3) is 2.11. The van der Waals surface area contributed by atoms with E-state index in [-0.39, 0.29) is 6.61 Å². The molecule has 0 saturated carbocycles. The van der Waals surface area contributed by atoms with Gasteiger partial charge in [0.25, 0.3) is 0 Å². The normalized spacial score (nSPS) is 28.3. The largest absolute Gasteiger partial charge is 0.380 e. The minimum absolute atomic E-state index is 0.256. The van der Waals surface area contributed by atoms with Gasteiger partial charge in [-0.15, -0.1) is 0 Å². The van der Waals surface area contributed by atoms with Crippen LogP contribution < -0.4 is 0 Å². The lowest BCUT2D eigenvalue weighted by Gasteiger charge is -2.18. The fourth-order valence-corrected chi connectivity index (χ4v) is 2.06. The molecule has 3 nitrogen and oxygen atoms in total. The third-order valence-electron chi connectivity index (χ3n) is 1.52. The zero-order chi connectivity index (χ0) is 7.61. The fourth-order valence-electron chi connectivity index (χ4n) is 0.933. The molecule has 0 bridgehead atoms. The molecule has 0 aliphatic carbocycles. The van der Waals surface area contributed by atoms with Gasteiger partial charge in [-0.1, -0.05) is 0 Å². The molecule has 1 atom stereocenters. The Morgan fingerprint density at radius 2 is 2.20 bits per heavy atom. The highest BCUT2D eigenvalue weighted by molar-refractivity contribution is 8.14. The summed E-state index contributed by atoms with van der Waals surface area (Å²) in [5, 5.41) is -0.483. The van der Waals surface area contributed by atoms with Crippen LogP contribution in [0.5, 0.6) is 0 Å². The predicted molar refractivity (Wildman–Crippen MR) is 38.6 cm³/mol. The SMILES string of the molecule is O=S(=O)(Cl)[C@@H]1CCCOC1. The summed E-state index contributed by atoms with van der Waals surface area (Å²) in [6, 6.07) is 0. The van der Waals surface area contributed by atoms with Crippen LogP contribution in [0.4, 0.5) is 0 Å². The summed E-state index contributed by atoms with van der Waals surface area (Å²) in [5.41, 5.74) is 0. The molecule has 60 valence electrons. The Bertz CT molecular complexity index is 193. The van der Waals surface area contributed by atoms with Gasteiger partial charge in [0.2, 0.25) is 9.05 Å². The zero-order valence-corrected chi connectivity index (χ0v) is 6.99. The molecule has 1 aliphatic heterocycles. The molecule has 1 aliphatic rings. The molecule has 0 radical (unpaired) electrons. The molecule has 0 amide bonds. The highest BCUT2D eigenvalue weighted by Gasteiger charge is 2.25. The molecule has 5 heteroatoms. The summed E-state index contributed by atoms with van der Waals surface area (Å²) < 4.78 is 26.3. The van der Waals surface area contributed by atoms with Crippen molar-refractivity contribution in [2.45, 2.75) is 18.1 Å². The second-order valence-corrected chi connectivity index (χ2v) is 5.22. The second-order valence-electron chi connectivity index (χ2n) is 2.31. The third-order valence-corrected chi connectivity index (χ3v) is 3.44. The van der Waals surface area contributed by atoms with Crippen molar-refractivity contribution in [3.05, 3.63) is 0 Å². The Morgan fingerprint density at radius 3 is 2.50 bits per heavy atom. The van der Waals surface area contributed by atoms with Gasteiger partial charge in [-0.25, -0.2) is 8.42 Å². The van der Waals surface area contributed by atoms with Crippen molar-refractivity contribution in [2.24, 2.45) is 0 Å². The summed E-state index contributed by atoms with van der Waals surface area (Å²) in [6.45, 7) is 0.911. The highest BCUT2D eigenvalue weighted by atomic mass is 35.7. The monoisotopic (exact) mass is 184 g/mol. The first-order valence-electron chi connectivity index (χ1n) is 3.12. The quantitative estimate of drug-likeness (QED) is 0.565. The van der Waals surface area contributed by atoms with E-state index >= 15 is 0 Å². The number of halogens is 1. The molecule has 1 fully saturated rings. The minimum atomic E-state index is -3.38. The molecule has 1 rings (SSSR count). The minimum Gasteiger partial charge on any atom is -0.380 e. The van der Waals surface area contributed by atoms with Crippen LogP contribution >= 0.6 is 10.7 Å². The maximum absolute atomic E-state index is 10.7. The van der Waals surface area contributed by atoms with E-state index in [2.05, 4.69) is 0 Å². The lowest BCUT2D eigenvalue weighted by molar-refractivity contribution is 0.0996. The molecule has 0 aromatic rings. The molecule has 0 spiro atoms. The maximum Gasteiger partial charge on any atom is 0.237 e. The van der Waals surface area contributed by atoms with Crippen molar-refractivity contribution in [3.8, 4) is 0 Å². The van der Waals surface area contributed by atoms with Crippen molar-refractivity contribution in [1.29, 1.82) is 0 Å². The van der Waals surface area contributed by atoms with Gasteiger partial charge in [0, 0.05) is 17.3 Å². The van der Waals surface area contributed by atoms with Gasteiger partial charge in [-0.3, -0.25) is 0 Å². The number of hydrogen-bond donors (Lipinski definition) is 0. The van der Waals surface area contributed by atoms with E-state index < -0.39 is 14.3 Å². The van der Waals surface area contributed by atoms with Crippen molar-refractivity contribution in [2.75, 3.05) is 13.2 Å². The van der Waals surface area contributed by atoms with Crippen molar-refractivity contribution >= 4 is 19.7 Å². The summed E-state index contributed by atoms with van der Waals surface area (Å²) in [4.78, 5) is 0. The number of hydrogen-bond acceptors (Lipinski definition) is 3. The van der Waals surface area contributed by atoms with E-state index in [1.54, 1.807) is 0 Å². The smallest absolute Gasteiger partial charge is 0.237 e.